The van der Waals surface area contributed by atoms with Crippen LogP contribution in [0.15, 0.2) is 59.1 Å². The normalized spacial score (nSPS) is 19.1. The highest BCUT2D eigenvalue weighted by Crippen LogP contribution is 2.44. The van der Waals surface area contributed by atoms with Gasteiger partial charge in [-0.2, -0.15) is 0 Å². The third-order valence-corrected chi connectivity index (χ3v) is 6.59. The Labute approximate surface area is 201 Å². The minimum atomic E-state index is -0.924. The van der Waals surface area contributed by atoms with Gasteiger partial charge < -0.3 is 19.3 Å². The Balaban J connectivity index is 1.21. The number of amides is 2. The Morgan fingerprint density at radius 3 is 2.40 bits per heavy atom. The molecule has 2 aromatic carbocycles. The monoisotopic (exact) mass is 475 g/mol. The summed E-state index contributed by atoms with van der Waals surface area (Å²) in [5, 5.41) is 15.6. The molecule has 1 aromatic heterocycles. The number of hydrogen-bond acceptors (Lipinski definition) is 6. The fraction of sp³-hybridized carbons (Fsp3) is 0.308. The van der Waals surface area contributed by atoms with Crippen LogP contribution in [0.2, 0.25) is 0 Å². The highest BCUT2D eigenvalue weighted by atomic mass is 16.6. The Kier molecular flexibility index (Phi) is 5.98. The number of fused-ring (bicyclic) bond motifs is 3. The van der Waals surface area contributed by atoms with Gasteiger partial charge in [0.2, 0.25) is 5.88 Å². The second-order valence-corrected chi connectivity index (χ2v) is 9.11. The van der Waals surface area contributed by atoms with Gasteiger partial charge in [-0.05, 0) is 34.6 Å². The molecule has 2 heterocycles. The molecule has 35 heavy (non-hydrogen) atoms. The first kappa shape index (κ1) is 22.6. The summed E-state index contributed by atoms with van der Waals surface area (Å²) in [6.45, 7) is 2.59. The van der Waals surface area contributed by atoms with E-state index < -0.39 is 23.9 Å². The lowest BCUT2D eigenvalue weighted by Crippen LogP contribution is -2.45. The summed E-state index contributed by atoms with van der Waals surface area (Å²) in [6, 6.07) is 17.4. The molecule has 9 heteroatoms. The number of carboxylic acid groups (broad SMARTS) is 1. The summed E-state index contributed by atoms with van der Waals surface area (Å²) < 4.78 is 10.6. The minimum absolute atomic E-state index is 0.00261. The maximum absolute atomic E-state index is 12.8. The Bertz CT molecular complexity index is 1240. The second-order valence-electron chi connectivity index (χ2n) is 9.11. The van der Waals surface area contributed by atoms with Crippen LogP contribution >= 0.6 is 0 Å². The van der Waals surface area contributed by atoms with Crippen molar-refractivity contribution in [2.75, 3.05) is 25.0 Å². The predicted molar refractivity (Wildman–Crippen MR) is 126 cm³/mol. The summed E-state index contributed by atoms with van der Waals surface area (Å²) in [7, 11) is 0. The van der Waals surface area contributed by atoms with E-state index in [1.165, 1.54) is 11.0 Å². The Hall–Kier alpha value is -4.14. The predicted octanol–water partition coefficient (Wildman–Crippen LogP) is 4.22. The number of piperidine rings is 1. The van der Waals surface area contributed by atoms with Crippen molar-refractivity contribution in [3.05, 3.63) is 71.4 Å². The van der Waals surface area contributed by atoms with Crippen molar-refractivity contribution in [1.29, 1.82) is 0 Å². The lowest BCUT2D eigenvalue weighted by atomic mass is 9.90. The first-order valence-corrected chi connectivity index (χ1v) is 11.5. The van der Waals surface area contributed by atoms with E-state index in [0.717, 1.165) is 22.3 Å². The van der Waals surface area contributed by atoms with E-state index in [1.807, 2.05) is 43.3 Å². The molecule has 1 fully saturated rings. The van der Waals surface area contributed by atoms with Crippen LogP contribution in [0.3, 0.4) is 0 Å². The van der Waals surface area contributed by atoms with Crippen molar-refractivity contribution < 1.29 is 28.8 Å². The zero-order valence-electron chi connectivity index (χ0n) is 19.1. The minimum Gasteiger partial charge on any atom is -0.481 e. The van der Waals surface area contributed by atoms with Crippen LogP contribution in [-0.4, -0.2) is 52.8 Å². The highest BCUT2D eigenvalue weighted by molar-refractivity contribution is 5.94. The standard InChI is InChI=1S/C26H25N3O6/c1-15-10-16(25(31)32)13-29(12-15)24(30)22-11-23(35-28-22)27-26(33)34-14-21-19-8-4-2-6-17(19)18-7-3-5-9-20(18)21/h2-9,11,15-16,21H,10,12-14H2,1H3,(H,27,33)(H,31,32). The van der Waals surface area contributed by atoms with Crippen molar-refractivity contribution in [2.24, 2.45) is 11.8 Å². The second kappa shape index (κ2) is 9.25. The van der Waals surface area contributed by atoms with Gasteiger partial charge in [0.15, 0.2) is 5.69 Å². The number of ether oxygens (including phenoxy) is 1. The molecular formula is C26H25N3O6. The number of carboxylic acids is 1. The quantitative estimate of drug-likeness (QED) is 0.567. The molecule has 0 bridgehead atoms. The van der Waals surface area contributed by atoms with Gasteiger partial charge in [-0.15, -0.1) is 0 Å². The molecule has 5 rings (SSSR count). The number of carbonyl (C=O) groups is 3. The van der Waals surface area contributed by atoms with Crippen LogP contribution in [-0.2, 0) is 9.53 Å². The molecule has 2 unspecified atom stereocenters. The third-order valence-electron chi connectivity index (χ3n) is 6.59. The van der Waals surface area contributed by atoms with Crippen LogP contribution in [0.4, 0.5) is 10.7 Å². The molecule has 0 saturated carbocycles. The van der Waals surface area contributed by atoms with E-state index in [4.69, 9.17) is 9.26 Å². The van der Waals surface area contributed by atoms with Crippen molar-refractivity contribution in [3.63, 3.8) is 0 Å². The van der Waals surface area contributed by atoms with Gasteiger partial charge in [0.1, 0.15) is 6.61 Å². The molecule has 1 saturated heterocycles. The van der Waals surface area contributed by atoms with Gasteiger partial charge in [0, 0.05) is 25.1 Å². The Morgan fingerprint density at radius 1 is 1.09 bits per heavy atom. The van der Waals surface area contributed by atoms with Gasteiger partial charge >= 0.3 is 12.1 Å². The molecule has 180 valence electrons. The first-order chi connectivity index (χ1) is 16.9. The van der Waals surface area contributed by atoms with E-state index in [9.17, 15) is 19.5 Å². The Morgan fingerprint density at radius 2 is 1.74 bits per heavy atom. The van der Waals surface area contributed by atoms with E-state index >= 15 is 0 Å². The van der Waals surface area contributed by atoms with Crippen LogP contribution < -0.4 is 5.32 Å². The van der Waals surface area contributed by atoms with Crippen LogP contribution in [0.1, 0.15) is 40.9 Å². The number of carbonyl (C=O) groups excluding carboxylic acids is 2. The summed E-state index contributed by atoms with van der Waals surface area (Å²) >= 11 is 0. The molecule has 1 aliphatic carbocycles. The van der Waals surface area contributed by atoms with Crippen LogP contribution in [0.25, 0.3) is 11.1 Å². The fourth-order valence-corrected chi connectivity index (χ4v) is 5.03. The first-order valence-electron chi connectivity index (χ1n) is 11.5. The smallest absolute Gasteiger partial charge is 0.414 e. The molecule has 1 aliphatic heterocycles. The lowest BCUT2D eigenvalue weighted by molar-refractivity contribution is -0.143. The number of benzene rings is 2. The van der Waals surface area contributed by atoms with Crippen LogP contribution in [0.5, 0.6) is 0 Å². The average Bonchev–Trinajstić information content (AvgIpc) is 3.44. The van der Waals surface area contributed by atoms with E-state index in [0.29, 0.717) is 13.0 Å². The average molecular weight is 476 g/mol. The number of nitrogens with one attached hydrogen (secondary N) is 1. The summed E-state index contributed by atoms with van der Waals surface area (Å²) in [4.78, 5) is 38.1. The molecule has 0 spiro atoms. The lowest BCUT2D eigenvalue weighted by Gasteiger charge is -2.34. The molecule has 2 aliphatic rings. The van der Waals surface area contributed by atoms with Crippen molar-refractivity contribution >= 4 is 23.9 Å². The topological polar surface area (TPSA) is 122 Å². The molecule has 9 nitrogen and oxygen atoms in total. The summed E-state index contributed by atoms with van der Waals surface area (Å²) in [5.41, 5.74) is 4.46. The van der Waals surface area contributed by atoms with Crippen molar-refractivity contribution in [2.45, 2.75) is 19.3 Å². The molecule has 2 N–H and O–H groups in total. The van der Waals surface area contributed by atoms with Crippen LogP contribution in [0, 0.1) is 11.8 Å². The van der Waals surface area contributed by atoms with E-state index in [1.54, 1.807) is 0 Å². The molecule has 3 aromatic rings. The van der Waals surface area contributed by atoms with Gasteiger partial charge in [-0.1, -0.05) is 60.6 Å². The number of aliphatic carboxylic acids is 1. The van der Waals surface area contributed by atoms with E-state index in [-0.39, 0.29) is 36.6 Å². The molecular weight excluding hydrogens is 450 g/mol. The maximum Gasteiger partial charge on any atom is 0.414 e. The van der Waals surface area contributed by atoms with Gasteiger partial charge in [0.25, 0.3) is 5.91 Å². The number of likely N-dealkylation sites (tertiary alicyclic amines) is 1. The van der Waals surface area contributed by atoms with Crippen molar-refractivity contribution in [3.8, 4) is 11.1 Å². The maximum atomic E-state index is 12.8. The highest BCUT2D eigenvalue weighted by Gasteiger charge is 2.33. The zero-order chi connectivity index (χ0) is 24.5. The van der Waals surface area contributed by atoms with Gasteiger partial charge in [-0.3, -0.25) is 14.9 Å². The largest absolute Gasteiger partial charge is 0.481 e. The number of nitrogens with zero attached hydrogens (tertiary/aromatic N) is 2. The van der Waals surface area contributed by atoms with E-state index in [2.05, 4.69) is 22.6 Å². The third kappa shape index (κ3) is 4.49. The number of hydrogen-bond donors (Lipinski definition) is 2. The summed E-state index contributed by atoms with van der Waals surface area (Å²) in [6.07, 6.45) is -0.202. The molecule has 2 atom stereocenters. The fourth-order valence-electron chi connectivity index (χ4n) is 5.03. The molecule has 0 radical (unpaired) electrons. The zero-order valence-corrected chi connectivity index (χ0v) is 19.1. The number of aromatic nitrogens is 1. The van der Waals surface area contributed by atoms with Gasteiger partial charge in [0.05, 0.1) is 5.92 Å². The van der Waals surface area contributed by atoms with Crippen molar-refractivity contribution in [1.82, 2.24) is 10.1 Å². The summed E-state index contributed by atoms with van der Waals surface area (Å²) in [5.74, 6) is -2.03. The van der Waals surface area contributed by atoms with Gasteiger partial charge in [-0.25, -0.2) is 4.79 Å². The number of rotatable bonds is 5. The SMILES string of the molecule is CC1CC(C(=O)O)CN(C(=O)c2cc(NC(=O)OCC3c4ccccc4-c4ccccc43)on2)C1. The number of anilines is 1. The molecule has 2 amide bonds.